The summed E-state index contributed by atoms with van der Waals surface area (Å²) < 4.78 is 52.5. The summed E-state index contributed by atoms with van der Waals surface area (Å²) in [6.45, 7) is 0. The standard InChI is InChI=1S/C11H4F4N2O2S/c12-7-9(8(13)11(15)16-10(7)14)20-6-3-1-5(2-4-6)17(18)19/h1-4H. The maximum Gasteiger partial charge on any atom is 0.269 e. The molecule has 0 aliphatic rings. The molecule has 0 saturated carbocycles. The van der Waals surface area contributed by atoms with Crippen molar-refractivity contribution in [2.24, 2.45) is 0 Å². The molecule has 0 spiro atoms. The minimum absolute atomic E-state index is 0.179. The molecule has 1 aromatic heterocycles. The smallest absolute Gasteiger partial charge is 0.258 e. The normalized spacial score (nSPS) is 10.6. The molecule has 0 aliphatic heterocycles. The molecule has 1 aromatic carbocycles. The molecule has 0 amide bonds. The predicted octanol–water partition coefficient (Wildman–Crippen LogP) is 3.70. The molecule has 1 heterocycles. The summed E-state index contributed by atoms with van der Waals surface area (Å²) in [7, 11) is 0. The molecule has 0 unspecified atom stereocenters. The summed E-state index contributed by atoms with van der Waals surface area (Å²) >= 11 is 0.397. The zero-order valence-electron chi connectivity index (χ0n) is 9.44. The highest BCUT2D eigenvalue weighted by Crippen LogP contribution is 2.34. The number of pyridine rings is 1. The molecular formula is C11H4F4N2O2S. The van der Waals surface area contributed by atoms with Crippen LogP contribution in [0.15, 0.2) is 34.1 Å². The van der Waals surface area contributed by atoms with Gasteiger partial charge in [0.2, 0.25) is 0 Å². The van der Waals surface area contributed by atoms with Crippen LogP contribution in [0.25, 0.3) is 0 Å². The minimum Gasteiger partial charge on any atom is -0.258 e. The molecule has 2 aromatic rings. The van der Waals surface area contributed by atoms with Crippen LogP contribution in [-0.4, -0.2) is 9.91 Å². The highest BCUT2D eigenvalue weighted by Gasteiger charge is 2.21. The van der Waals surface area contributed by atoms with Gasteiger partial charge in [-0.05, 0) is 12.1 Å². The maximum atomic E-state index is 13.4. The van der Waals surface area contributed by atoms with E-state index in [1.54, 1.807) is 0 Å². The van der Waals surface area contributed by atoms with Crippen molar-refractivity contribution in [2.75, 3.05) is 0 Å². The van der Waals surface area contributed by atoms with Crippen LogP contribution in [0.2, 0.25) is 0 Å². The van der Waals surface area contributed by atoms with E-state index in [2.05, 4.69) is 4.98 Å². The van der Waals surface area contributed by atoms with Crippen molar-refractivity contribution in [3.8, 4) is 0 Å². The Hall–Kier alpha value is -2.16. The van der Waals surface area contributed by atoms with Gasteiger partial charge in [0.05, 0.1) is 9.82 Å². The fraction of sp³-hybridized carbons (Fsp3) is 0. The van der Waals surface area contributed by atoms with E-state index < -0.39 is 33.3 Å². The van der Waals surface area contributed by atoms with Crippen molar-refractivity contribution in [3.63, 3.8) is 0 Å². The maximum absolute atomic E-state index is 13.4. The molecule has 0 aliphatic carbocycles. The topological polar surface area (TPSA) is 56.0 Å². The Morgan fingerprint density at radius 1 is 1.00 bits per heavy atom. The van der Waals surface area contributed by atoms with Crippen LogP contribution < -0.4 is 0 Å². The van der Waals surface area contributed by atoms with Gasteiger partial charge in [-0.2, -0.15) is 13.8 Å². The summed E-state index contributed by atoms with van der Waals surface area (Å²) in [6, 6.07) is 4.62. The minimum atomic E-state index is -1.76. The van der Waals surface area contributed by atoms with Crippen LogP contribution in [0.5, 0.6) is 0 Å². The van der Waals surface area contributed by atoms with Gasteiger partial charge in [-0.15, -0.1) is 0 Å². The fourth-order valence-corrected chi connectivity index (χ4v) is 2.17. The average Bonchev–Trinajstić information content (AvgIpc) is 2.42. The number of aromatic nitrogens is 1. The van der Waals surface area contributed by atoms with Gasteiger partial charge in [0.15, 0.2) is 11.6 Å². The number of hydrogen-bond acceptors (Lipinski definition) is 4. The average molecular weight is 304 g/mol. The summed E-state index contributed by atoms with van der Waals surface area (Å²) in [4.78, 5) is 11.5. The summed E-state index contributed by atoms with van der Waals surface area (Å²) in [5.74, 6) is -6.75. The van der Waals surface area contributed by atoms with Crippen LogP contribution >= 0.6 is 11.8 Å². The monoisotopic (exact) mass is 304 g/mol. The van der Waals surface area contributed by atoms with Gasteiger partial charge < -0.3 is 0 Å². The van der Waals surface area contributed by atoms with Crippen LogP contribution in [0, 0.1) is 33.6 Å². The second-order valence-corrected chi connectivity index (χ2v) is 4.59. The fourth-order valence-electron chi connectivity index (χ4n) is 1.31. The Morgan fingerprint density at radius 2 is 1.50 bits per heavy atom. The van der Waals surface area contributed by atoms with Gasteiger partial charge in [0.1, 0.15) is 0 Å². The molecule has 0 saturated heterocycles. The van der Waals surface area contributed by atoms with Crippen molar-refractivity contribution >= 4 is 17.4 Å². The molecule has 2 rings (SSSR count). The van der Waals surface area contributed by atoms with Crippen molar-refractivity contribution < 1.29 is 22.5 Å². The number of nitro benzene ring substituents is 1. The Kier molecular flexibility index (Phi) is 3.89. The van der Waals surface area contributed by atoms with Gasteiger partial charge in [0.25, 0.3) is 17.6 Å². The van der Waals surface area contributed by atoms with Gasteiger partial charge in [-0.25, -0.2) is 8.78 Å². The zero-order chi connectivity index (χ0) is 14.9. The van der Waals surface area contributed by atoms with Gasteiger partial charge in [-0.3, -0.25) is 10.1 Å². The van der Waals surface area contributed by atoms with E-state index in [9.17, 15) is 27.7 Å². The molecule has 0 bridgehead atoms. The van der Waals surface area contributed by atoms with Crippen LogP contribution in [-0.2, 0) is 0 Å². The third kappa shape index (κ3) is 2.72. The second-order valence-electron chi connectivity index (χ2n) is 3.50. The number of hydrogen-bond donors (Lipinski definition) is 0. The van der Waals surface area contributed by atoms with E-state index in [4.69, 9.17) is 0 Å². The zero-order valence-corrected chi connectivity index (χ0v) is 10.3. The largest absolute Gasteiger partial charge is 0.269 e. The lowest BCUT2D eigenvalue weighted by Gasteiger charge is -2.05. The summed E-state index contributed by atoms with van der Waals surface area (Å²) in [5.41, 5.74) is -0.220. The van der Waals surface area contributed by atoms with E-state index in [1.807, 2.05) is 0 Å². The Morgan fingerprint density at radius 3 is 1.95 bits per heavy atom. The number of non-ortho nitro benzene ring substituents is 1. The second kappa shape index (κ2) is 5.45. The van der Waals surface area contributed by atoms with Crippen molar-refractivity contribution in [3.05, 3.63) is 57.9 Å². The molecule has 0 N–H and O–H groups in total. The first-order valence-corrected chi connectivity index (χ1v) is 5.84. The van der Waals surface area contributed by atoms with Crippen LogP contribution in [0.3, 0.4) is 0 Å². The lowest BCUT2D eigenvalue weighted by molar-refractivity contribution is -0.384. The summed E-state index contributed by atoms with van der Waals surface area (Å²) in [5, 5.41) is 10.4. The van der Waals surface area contributed by atoms with Crippen molar-refractivity contribution in [2.45, 2.75) is 9.79 Å². The van der Waals surface area contributed by atoms with Crippen LogP contribution in [0.1, 0.15) is 0 Å². The molecule has 104 valence electrons. The molecular weight excluding hydrogens is 300 g/mol. The van der Waals surface area contributed by atoms with Crippen molar-refractivity contribution in [1.82, 2.24) is 4.98 Å². The predicted molar refractivity (Wildman–Crippen MR) is 61.3 cm³/mol. The molecule has 0 radical (unpaired) electrons. The van der Waals surface area contributed by atoms with E-state index in [1.165, 1.54) is 12.1 Å². The van der Waals surface area contributed by atoms with Gasteiger partial charge in [-0.1, -0.05) is 11.8 Å². The van der Waals surface area contributed by atoms with Gasteiger partial charge in [0, 0.05) is 17.0 Å². The number of halogens is 4. The quantitative estimate of drug-likeness (QED) is 0.375. The third-order valence-electron chi connectivity index (χ3n) is 2.22. The van der Waals surface area contributed by atoms with E-state index >= 15 is 0 Å². The molecule has 20 heavy (non-hydrogen) atoms. The van der Waals surface area contributed by atoms with E-state index in [-0.39, 0.29) is 10.6 Å². The van der Waals surface area contributed by atoms with Crippen LogP contribution in [0.4, 0.5) is 23.2 Å². The summed E-state index contributed by atoms with van der Waals surface area (Å²) in [6.07, 6.45) is 0. The lowest BCUT2D eigenvalue weighted by Crippen LogP contribution is -2.01. The molecule has 4 nitrogen and oxygen atoms in total. The first-order valence-electron chi connectivity index (χ1n) is 5.02. The number of rotatable bonds is 3. The number of nitrogens with zero attached hydrogens (tertiary/aromatic N) is 2. The molecule has 0 atom stereocenters. The molecule has 9 heteroatoms. The lowest BCUT2D eigenvalue weighted by atomic mass is 10.3. The first kappa shape index (κ1) is 14.3. The van der Waals surface area contributed by atoms with Gasteiger partial charge >= 0.3 is 0 Å². The third-order valence-corrected chi connectivity index (χ3v) is 3.30. The Balaban J connectivity index is 2.37. The first-order chi connectivity index (χ1) is 9.40. The Labute approximate surface area is 113 Å². The number of nitro groups is 1. The highest BCUT2D eigenvalue weighted by atomic mass is 32.2. The van der Waals surface area contributed by atoms with E-state index in [0.717, 1.165) is 12.1 Å². The molecule has 0 fully saturated rings. The number of benzene rings is 1. The highest BCUT2D eigenvalue weighted by molar-refractivity contribution is 7.99. The van der Waals surface area contributed by atoms with E-state index in [0.29, 0.717) is 11.8 Å². The SMILES string of the molecule is O=[N+]([O-])c1ccc(Sc2c(F)c(F)nc(F)c2F)cc1. The Bertz CT molecular complexity index is 653. The van der Waals surface area contributed by atoms with Crippen molar-refractivity contribution in [1.29, 1.82) is 0 Å².